The third-order valence-corrected chi connectivity index (χ3v) is 4.17. The number of methoxy groups -OCH3 is 1. The van der Waals surface area contributed by atoms with Crippen LogP contribution in [0.5, 0.6) is 5.75 Å². The maximum atomic E-state index is 12.8. The summed E-state index contributed by atoms with van der Waals surface area (Å²) in [5.74, 6) is 0.239. The fourth-order valence-electron chi connectivity index (χ4n) is 2.63. The topological polar surface area (TPSA) is 89.1 Å². The minimum absolute atomic E-state index is 0.173. The normalized spacial score (nSPS) is 16.0. The number of piperidine rings is 1. The minimum Gasteiger partial charge on any atom is -0.410 e. The molecule has 1 saturated heterocycles. The van der Waals surface area contributed by atoms with Crippen molar-refractivity contribution in [3.63, 3.8) is 0 Å². The molecule has 0 radical (unpaired) electrons. The first-order chi connectivity index (χ1) is 12.5. The second kappa shape index (κ2) is 9.51. The standard InChI is InChI=1S/C18H27N3O5/c1-21(2)17(23)26-15-6-4-14(5-7-15)20-16(22)18(25-13-12-24-3)8-10-19-11-9-18/h4-7,19H,8-13H2,1-3H3,(H,20,22). The van der Waals surface area contributed by atoms with Gasteiger partial charge in [-0.1, -0.05) is 0 Å². The predicted molar refractivity (Wildman–Crippen MR) is 97.4 cm³/mol. The first-order valence-electron chi connectivity index (χ1n) is 8.61. The summed E-state index contributed by atoms with van der Waals surface area (Å²) in [5, 5.41) is 6.14. The summed E-state index contributed by atoms with van der Waals surface area (Å²) < 4.78 is 16.1. The van der Waals surface area contributed by atoms with Crippen LogP contribution in [0.1, 0.15) is 12.8 Å². The maximum Gasteiger partial charge on any atom is 0.414 e. The third-order valence-electron chi connectivity index (χ3n) is 4.17. The zero-order valence-electron chi connectivity index (χ0n) is 15.5. The summed E-state index contributed by atoms with van der Waals surface area (Å²) in [6.45, 7) is 2.25. The first kappa shape index (κ1) is 20.2. The molecule has 0 unspecified atom stereocenters. The lowest BCUT2D eigenvalue weighted by molar-refractivity contribution is -0.147. The number of hydrogen-bond acceptors (Lipinski definition) is 6. The van der Waals surface area contributed by atoms with Crippen LogP contribution in [0.25, 0.3) is 0 Å². The van der Waals surface area contributed by atoms with E-state index < -0.39 is 11.7 Å². The van der Waals surface area contributed by atoms with E-state index in [0.717, 1.165) is 13.1 Å². The minimum atomic E-state index is -0.861. The van der Waals surface area contributed by atoms with E-state index in [9.17, 15) is 9.59 Å². The van der Waals surface area contributed by atoms with Gasteiger partial charge in [-0.2, -0.15) is 0 Å². The van der Waals surface area contributed by atoms with Crippen molar-refractivity contribution < 1.29 is 23.8 Å². The molecule has 8 nitrogen and oxygen atoms in total. The van der Waals surface area contributed by atoms with E-state index >= 15 is 0 Å². The van der Waals surface area contributed by atoms with Gasteiger partial charge in [0, 0.05) is 26.9 Å². The molecule has 2 N–H and O–H groups in total. The Bertz CT molecular complexity index is 597. The van der Waals surface area contributed by atoms with Crippen LogP contribution in [-0.4, -0.2) is 70.0 Å². The number of nitrogens with one attached hydrogen (secondary N) is 2. The molecule has 8 heteroatoms. The van der Waals surface area contributed by atoms with Crippen molar-refractivity contribution in [3.05, 3.63) is 24.3 Å². The summed E-state index contributed by atoms with van der Waals surface area (Å²) in [4.78, 5) is 25.7. The smallest absolute Gasteiger partial charge is 0.410 e. The number of nitrogens with zero attached hydrogens (tertiary/aromatic N) is 1. The van der Waals surface area contributed by atoms with Crippen molar-refractivity contribution >= 4 is 17.7 Å². The zero-order chi connectivity index (χ0) is 19.0. The second-order valence-corrected chi connectivity index (χ2v) is 6.33. The molecule has 1 heterocycles. The van der Waals surface area contributed by atoms with Crippen LogP contribution in [-0.2, 0) is 14.3 Å². The third kappa shape index (κ3) is 5.42. The molecular weight excluding hydrogens is 338 g/mol. The number of hydrogen-bond donors (Lipinski definition) is 2. The van der Waals surface area contributed by atoms with Crippen molar-refractivity contribution in [1.29, 1.82) is 0 Å². The Kier molecular flexibility index (Phi) is 7.38. The van der Waals surface area contributed by atoms with E-state index in [0.29, 0.717) is 37.5 Å². The van der Waals surface area contributed by atoms with Crippen LogP contribution in [0, 0.1) is 0 Å². The Morgan fingerprint density at radius 1 is 1.15 bits per heavy atom. The summed E-state index contributed by atoms with van der Waals surface area (Å²) in [5.41, 5.74) is -0.243. The number of anilines is 1. The molecule has 2 rings (SSSR count). The molecule has 0 bridgehead atoms. The molecule has 0 atom stereocenters. The Balaban J connectivity index is 2.00. The van der Waals surface area contributed by atoms with Crippen molar-refractivity contribution in [2.45, 2.75) is 18.4 Å². The number of rotatable bonds is 7. The Labute approximate surface area is 153 Å². The van der Waals surface area contributed by atoms with E-state index in [-0.39, 0.29) is 5.91 Å². The molecule has 144 valence electrons. The summed E-state index contributed by atoms with van der Waals surface area (Å²) in [7, 11) is 4.82. The monoisotopic (exact) mass is 365 g/mol. The summed E-state index contributed by atoms with van der Waals surface area (Å²) >= 11 is 0. The molecule has 2 amide bonds. The van der Waals surface area contributed by atoms with E-state index in [2.05, 4.69) is 10.6 Å². The number of ether oxygens (including phenoxy) is 3. The Hall–Kier alpha value is -2.16. The Morgan fingerprint density at radius 2 is 1.81 bits per heavy atom. The van der Waals surface area contributed by atoms with Crippen LogP contribution in [0.15, 0.2) is 24.3 Å². The fraction of sp³-hybridized carbons (Fsp3) is 0.556. The van der Waals surface area contributed by atoms with Gasteiger partial charge in [-0.15, -0.1) is 0 Å². The highest BCUT2D eigenvalue weighted by atomic mass is 16.6. The quantitative estimate of drug-likeness (QED) is 0.712. The highest BCUT2D eigenvalue weighted by Crippen LogP contribution is 2.26. The molecule has 0 aliphatic carbocycles. The lowest BCUT2D eigenvalue weighted by Gasteiger charge is -2.36. The van der Waals surface area contributed by atoms with Gasteiger partial charge >= 0.3 is 6.09 Å². The molecule has 26 heavy (non-hydrogen) atoms. The van der Waals surface area contributed by atoms with Crippen LogP contribution >= 0.6 is 0 Å². The van der Waals surface area contributed by atoms with Gasteiger partial charge in [0.2, 0.25) is 0 Å². The molecular formula is C18H27N3O5. The van der Waals surface area contributed by atoms with E-state index in [4.69, 9.17) is 14.2 Å². The molecule has 0 aromatic heterocycles. The van der Waals surface area contributed by atoms with Crippen molar-refractivity contribution in [2.24, 2.45) is 0 Å². The van der Waals surface area contributed by atoms with Gasteiger partial charge in [0.25, 0.3) is 5.91 Å². The largest absolute Gasteiger partial charge is 0.414 e. The molecule has 1 aromatic rings. The lowest BCUT2D eigenvalue weighted by atomic mass is 9.91. The molecule has 1 aliphatic rings. The van der Waals surface area contributed by atoms with E-state index in [1.807, 2.05) is 0 Å². The van der Waals surface area contributed by atoms with Gasteiger partial charge in [0.05, 0.1) is 13.2 Å². The van der Waals surface area contributed by atoms with Crippen molar-refractivity contribution in [1.82, 2.24) is 10.2 Å². The number of carbonyl (C=O) groups excluding carboxylic acids is 2. The highest BCUT2D eigenvalue weighted by Gasteiger charge is 2.40. The van der Waals surface area contributed by atoms with Gasteiger partial charge in [-0.3, -0.25) is 4.79 Å². The average molecular weight is 365 g/mol. The molecule has 1 aliphatic heterocycles. The van der Waals surface area contributed by atoms with E-state index in [1.54, 1.807) is 45.5 Å². The molecule has 1 fully saturated rings. The van der Waals surface area contributed by atoms with Gasteiger partial charge in [-0.05, 0) is 50.2 Å². The van der Waals surface area contributed by atoms with Gasteiger partial charge in [0.1, 0.15) is 11.4 Å². The highest BCUT2D eigenvalue weighted by molar-refractivity contribution is 5.97. The van der Waals surface area contributed by atoms with Crippen LogP contribution in [0.2, 0.25) is 0 Å². The number of benzene rings is 1. The SMILES string of the molecule is COCCOC1(C(=O)Nc2ccc(OC(=O)N(C)C)cc2)CCNCC1. The Morgan fingerprint density at radius 3 is 2.38 bits per heavy atom. The van der Waals surface area contributed by atoms with Gasteiger partial charge in [0.15, 0.2) is 0 Å². The average Bonchev–Trinajstić information content (AvgIpc) is 2.64. The van der Waals surface area contributed by atoms with Crippen LogP contribution < -0.4 is 15.4 Å². The fourth-order valence-corrected chi connectivity index (χ4v) is 2.63. The van der Waals surface area contributed by atoms with Crippen molar-refractivity contribution in [3.8, 4) is 5.75 Å². The molecule has 0 saturated carbocycles. The van der Waals surface area contributed by atoms with Gasteiger partial charge in [-0.25, -0.2) is 4.79 Å². The summed E-state index contributed by atoms with van der Waals surface area (Å²) in [6.07, 6.45) is 0.740. The summed E-state index contributed by atoms with van der Waals surface area (Å²) in [6, 6.07) is 6.66. The number of amides is 2. The number of carbonyl (C=O) groups is 2. The van der Waals surface area contributed by atoms with E-state index in [1.165, 1.54) is 4.90 Å². The first-order valence-corrected chi connectivity index (χ1v) is 8.61. The van der Waals surface area contributed by atoms with Crippen LogP contribution in [0.3, 0.4) is 0 Å². The van der Waals surface area contributed by atoms with Gasteiger partial charge < -0.3 is 29.7 Å². The second-order valence-electron chi connectivity index (χ2n) is 6.33. The zero-order valence-corrected chi connectivity index (χ0v) is 15.5. The predicted octanol–water partition coefficient (Wildman–Crippen LogP) is 1.47. The molecule has 0 spiro atoms. The maximum absolute atomic E-state index is 12.8. The molecule has 1 aromatic carbocycles. The van der Waals surface area contributed by atoms with Crippen molar-refractivity contribution in [2.75, 3.05) is 52.8 Å². The van der Waals surface area contributed by atoms with Crippen LogP contribution in [0.4, 0.5) is 10.5 Å². The lowest BCUT2D eigenvalue weighted by Crippen LogP contribution is -2.52.